The minimum atomic E-state index is 0.0161. The molecule has 0 amide bonds. The maximum atomic E-state index is 7.32. The van der Waals surface area contributed by atoms with Crippen LogP contribution in [0, 0.1) is 0 Å². The van der Waals surface area contributed by atoms with Crippen LogP contribution in [0.2, 0.25) is 0 Å². The van der Waals surface area contributed by atoms with Gasteiger partial charge in [0, 0.05) is 6.04 Å². The summed E-state index contributed by atoms with van der Waals surface area (Å²) in [5.74, 6) is 0. The summed E-state index contributed by atoms with van der Waals surface area (Å²) in [4.78, 5) is 0. The first-order chi connectivity index (χ1) is 4.79. The maximum absolute atomic E-state index is 7.32. The van der Waals surface area contributed by atoms with Gasteiger partial charge in [0.25, 0.3) is 0 Å². The van der Waals surface area contributed by atoms with Gasteiger partial charge in [-0.1, -0.05) is 30.3 Å². The lowest BCUT2D eigenvalue weighted by Crippen LogP contribution is -2.05. The second-order valence-electron chi connectivity index (χ2n) is 2.59. The number of rotatable bonds is 2. The second-order valence-corrected chi connectivity index (χ2v) is 2.59. The van der Waals surface area contributed by atoms with E-state index in [2.05, 4.69) is 12.1 Å². The number of benzene rings is 1. The van der Waals surface area contributed by atoms with Crippen molar-refractivity contribution < 1.29 is 0 Å². The molecular weight excluding hydrogens is 122 g/mol. The smallest absolute Gasteiger partial charge is 0.0225 e. The van der Waals surface area contributed by atoms with Gasteiger partial charge in [0.15, 0.2) is 0 Å². The van der Waals surface area contributed by atoms with Gasteiger partial charge in [-0.25, -0.2) is 0 Å². The highest BCUT2D eigenvalue weighted by atomic mass is 14.6. The largest absolute Gasteiger partial charge is 0.254 e. The summed E-state index contributed by atoms with van der Waals surface area (Å²) in [5, 5.41) is 0. The molecule has 1 aromatic carbocycles. The zero-order valence-corrected chi connectivity index (χ0v) is 6.17. The van der Waals surface area contributed by atoms with Gasteiger partial charge >= 0.3 is 0 Å². The summed E-state index contributed by atoms with van der Waals surface area (Å²) >= 11 is 0. The maximum Gasteiger partial charge on any atom is 0.0225 e. The number of nitrogens with one attached hydrogen (secondary N) is 1. The molecule has 0 bridgehead atoms. The Balaban J connectivity index is 2.59. The van der Waals surface area contributed by atoms with Crippen molar-refractivity contribution in [2.24, 2.45) is 0 Å². The van der Waals surface area contributed by atoms with Gasteiger partial charge in [-0.15, -0.1) is 0 Å². The molecule has 0 heterocycles. The van der Waals surface area contributed by atoms with Crippen molar-refractivity contribution in [3.8, 4) is 0 Å². The van der Waals surface area contributed by atoms with Crippen LogP contribution in [0.4, 0.5) is 0 Å². The Morgan fingerprint density at radius 3 is 2.40 bits per heavy atom. The molecule has 0 saturated heterocycles. The summed E-state index contributed by atoms with van der Waals surface area (Å²) in [6.07, 6.45) is 0.862. The van der Waals surface area contributed by atoms with Crippen molar-refractivity contribution in [2.75, 3.05) is 0 Å². The topological polar surface area (TPSA) is 23.8 Å². The highest BCUT2D eigenvalue weighted by Crippen LogP contribution is 2.01. The molecule has 1 atom stereocenters. The Kier molecular flexibility index (Phi) is 2.46. The molecule has 1 nitrogen and oxygen atoms in total. The van der Waals surface area contributed by atoms with Crippen LogP contribution in [0.1, 0.15) is 12.5 Å². The minimum absolute atomic E-state index is 0.0161. The van der Waals surface area contributed by atoms with E-state index in [0.717, 1.165) is 6.42 Å². The first-order valence-electron chi connectivity index (χ1n) is 3.54. The Labute approximate surface area is 61.9 Å². The number of hydrogen-bond donors (Lipinski definition) is 0. The third-order valence-corrected chi connectivity index (χ3v) is 1.38. The standard InChI is InChI=1S/C9H12N/c1-8(10)7-9-5-3-2-4-6-9/h2-6,8,10H,7H2,1H3/t8-/m1/s1. The lowest BCUT2D eigenvalue weighted by Gasteiger charge is -2.01. The SMILES string of the molecule is C[C@@H]([NH])Cc1ccccc1. The molecule has 0 aliphatic carbocycles. The van der Waals surface area contributed by atoms with Crippen molar-refractivity contribution in [1.29, 1.82) is 0 Å². The number of hydrogen-bond acceptors (Lipinski definition) is 0. The Hall–Kier alpha value is -0.820. The van der Waals surface area contributed by atoms with Crippen LogP contribution < -0.4 is 5.73 Å². The fraction of sp³-hybridized carbons (Fsp3) is 0.333. The van der Waals surface area contributed by atoms with Crippen molar-refractivity contribution in [1.82, 2.24) is 5.73 Å². The van der Waals surface area contributed by atoms with E-state index in [-0.39, 0.29) is 6.04 Å². The van der Waals surface area contributed by atoms with Crippen LogP contribution in [0.25, 0.3) is 0 Å². The Morgan fingerprint density at radius 1 is 1.30 bits per heavy atom. The molecule has 0 saturated carbocycles. The predicted molar refractivity (Wildman–Crippen MR) is 42.7 cm³/mol. The van der Waals surface area contributed by atoms with Gasteiger partial charge < -0.3 is 0 Å². The Bertz CT molecular complexity index is 179. The summed E-state index contributed by atoms with van der Waals surface area (Å²) in [7, 11) is 0. The minimum Gasteiger partial charge on any atom is -0.254 e. The molecule has 1 aromatic rings. The zero-order chi connectivity index (χ0) is 7.40. The third-order valence-electron chi connectivity index (χ3n) is 1.38. The zero-order valence-electron chi connectivity index (χ0n) is 6.17. The van der Waals surface area contributed by atoms with Gasteiger partial charge in [-0.2, -0.15) is 0 Å². The van der Waals surface area contributed by atoms with E-state index in [1.807, 2.05) is 25.1 Å². The van der Waals surface area contributed by atoms with E-state index < -0.39 is 0 Å². The van der Waals surface area contributed by atoms with Gasteiger partial charge in [0.1, 0.15) is 0 Å². The molecule has 1 rings (SSSR count). The molecule has 0 aliphatic rings. The van der Waals surface area contributed by atoms with Crippen LogP contribution in [0.5, 0.6) is 0 Å². The summed E-state index contributed by atoms with van der Waals surface area (Å²) in [5.41, 5.74) is 8.57. The normalized spacial score (nSPS) is 13.0. The highest BCUT2D eigenvalue weighted by molar-refractivity contribution is 5.15. The molecule has 0 aromatic heterocycles. The van der Waals surface area contributed by atoms with Crippen molar-refractivity contribution in [3.05, 3.63) is 35.9 Å². The quantitative estimate of drug-likeness (QED) is 0.590. The van der Waals surface area contributed by atoms with Crippen LogP contribution in [-0.2, 0) is 6.42 Å². The molecule has 1 N–H and O–H groups in total. The monoisotopic (exact) mass is 134 g/mol. The lowest BCUT2D eigenvalue weighted by atomic mass is 10.1. The third kappa shape index (κ3) is 2.19. The van der Waals surface area contributed by atoms with E-state index in [1.54, 1.807) is 0 Å². The van der Waals surface area contributed by atoms with Crippen molar-refractivity contribution in [3.63, 3.8) is 0 Å². The van der Waals surface area contributed by atoms with E-state index in [9.17, 15) is 0 Å². The summed E-state index contributed by atoms with van der Waals surface area (Å²) in [6.45, 7) is 1.91. The van der Waals surface area contributed by atoms with Gasteiger partial charge in [-0.3, -0.25) is 5.73 Å². The first-order valence-corrected chi connectivity index (χ1v) is 3.54. The molecule has 0 aliphatic heterocycles. The van der Waals surface area contributed by atoms with Crippen molar-refractivity contribution >= 4 is 0 Å². The van der Waals surface area contributed by atoms with Gasteiger partial charge in [-0.05, 0) is 18.9 Å². The lowest BCUT2D eigenvalue weighted by molar-refractivity contribution is 0.715. The molecule has 0 spiro atoms. The van der Waals surface area contributed by atoms with E-state index in [4.69, 9.17) is 5.73 Å². The molecule has 1 heteroatoms. The average Bonchev–Trinajstić information content (AvgIpc) is 1.88. The summed E-state index contributed by atoms with van der Waals surface area (Å²) in [6, 6.07) is 10.2. The van der Waals surface area contributed by atoms with Crippen molar-refractivity contribution in [2.45, 2.75) is 19.4 Å². The Morgan fingerprint density at radius 2 is 1.90 bits per heavy atom. The van der Waals surface area contributed by atoms with Crippen LogP contribution in [-0.4, -0.2) is 6.04 Å². The van der Waals surface area contributed by atoms with Crippen LogP contribution in [0.15, 0.2) is 30.3 Å². The van der Waals surface area contributed by atoms with Gasteiger partial charge in [0.2, 0.25) is 0 Å². The fourth-order valence-corrected chi connectivity index (χ4v) is 0.968. The van der Waals surface area contributed by atoms with Crippen LogP contribution >= 0.6 is 0 Å². The highest BCUT2D eigenvalue weighted by Gasteiger charge is 1.95. The van der Waals surface area contributed by atoms with E-state index in [1.165, 1.54) is 5.56 Å². The van der Waals surface area contributed by atoms with Crippen LogP contribution in [0.3, 0.4) is 0 Å². The van der Waals surface area contributed by atoms with Gasteiger partial charge in [0.05, 0.1) is 0 Å². The fourth-order valence-electron chi connectivity index (χ4n) is 0.968. The van der Waals surface area contributed by atoms with E-state index >= 15 is 0 Å². The first kappa shape index (κ1) is 7.29. The summed E-state index contributed by atoms with van der Waals surface area (Å²) < 4.78 is 0. The molecule has 53 valence electrons. The molecular formula is C9H12N. The molecule has 10 heavy (non-hydrogen) atoms. The second kappa shape index (κ2) is 3.37. The average molecular weight is 134 g/mol. The van der Waals surface area contributed by atoms with E-state index in [0.29, 0.717) is 0 Å². The molecule has 0 unspecified atom stereocenters. The molecule has 0 fully saturated rings. The molecule has 1 radical (unpaired) electrons. The predicted octanol–water partition coefficient (Wildman–Crippen LogP) is 1.90.